The fourth-order valence-corrected chi connectivity index (χ4v) is 2.98. The number of likely N-dealkylation sites (tertiary alicyclic amines) is 1. The van der Waals surface area contributed by atoms with Gasteiger partial charge >= 0.3 is 6.09 Å². The van der Waals surface area contributed by atoms with Gasteiger partial charge in [-0.3, -0.25) is 9.89 Å². The summed E-state index contributed by atoms with van der Waals surface area (Å²) in [7, 11) is 0. The minimum absolute atomic E-state index is 0.136. The van der Waals surface area contributed by atoms with Crippen LogP contribution in [-0.2, 0) is 11.3 Å². The SMILES string of the molecule is O=C(NCC1CCN(C(=O)OCc2ccc(Cl)cc2)CC1)c1cn[nH]c1. The van der Waals surface area contributed by atoms with Crippen LogP contribution in [0.1, 0.15) is 28.8 Å². The zero-order valence-corrected chi connectivity index (χ0v) is 15.0. The number of carbonyl (C=O) groups excluding carboxylic acids is 2. The monoisotopic (exact) mass is 376 g/mol. The van der Waals surface area contributed by atoms with Crippen LogP contribution in [-0.4, -0.2) is 46.7 Å². The highest BCUT2D eigenvalue weighted by atomic mass is 35.5. The van der Waals surface area contributed by atoms with Crippen LogP contribution >= 0.6 is 11.6 Å². The van der Waals surface area contributed by atoms with Crippen LogP contribution in [0.2, 0.25) is 5.02 Å². The molecular weight excluding hydrogens is 356 g/mol. The Morgan fingerprint density at radius 2 is 2.00 bits per heavy atom. The maximum Gasteiger partial charge on any atom is 0.410 e. The molecule has 1 aromatic heterocycles. The van der Waals surface area contributed by atoms with Gasteiger partial charge in [-0.2, -0.15) is 5.10 Å². The molecular formula is C18H21ClN4O3. The van der Waals surface area contributed by atoms with Gasteiger partial charge in [-0.1, -0.05) is 23.7 Å². The van der Waals surface area contributed by atoms with Crippen molar-refractivity contribution in [1.82, 2.24) is 20.4 Å². The van der Waals surface area contributed by atoms with Crippen molar-refractivity contribution in [2.45, 2.75) is 19.4 Å². The van der Waals surface area contributed by atoms with Crippen LogP contribution in [0.3, 0.4) is 0 Å². The van der Waals surface area contributed by atoms with Crippen LogP contribution in [0.4, 0.5) is 4.79 Å². The van der Waals surface area contributed by atoms with Crippen molar-refractivity contribution in [3.05, 3.63) is 52.8 Å². The van der Waals surface area contributed by atoms with Crippen LogP contribution in [0.25, 0.3) is 0 Å². The number of H-pyrrole nitrogens is 1. The molecule has 0 saturated carbocycles. The zero-order valence-electron chi connectivity index (χ0n) is 14.3. The van der Waals surface area contributed by atoms with Gasteiger partial charge in [0.05, 0.1) is 11.8 Å². The Labute approximate surface area is 156 Å². The van der Waals surface area contributed by atoms with Crippen molar-refractivity contribution in [2.75, 3.05) is 19.6 Å². The Hall–Kier alpha value is -2.54. The Bertz CT molecular complexity index is 725. The van der Waals surface area contributed by atoms with E-state index in [1.54, 1.807) is 23.2 Å². The number of hydrogen-bond donors (Lipinski definition) is 2. The van der Waals surface area contributed by atoms with Crippen molar-refractivity contribution in [3.8, 4) is 0 Å². The highest BCUT2D eigenvalue weighted by Gasteiger charge is 2.24. The molecule has 2 amide bonds. The zero-order chi connectivity index (χ0) is 18.4. The summed E-state index contributed by atoms with van der Waals surface area (Å²) in [6.07, 6.45) is 4.42. The molecule has 8 heteroatoms. The van der Waals surface area contributed by atoms with Gasteiger partial charge in [-0.05, 0) is 36.5 Å². The summed E-state index contributed by atoms with van der Waals surface area (Å²) >= 11 is 5.84. The van der Waals surface area contributed by atoms with Crippen LogP contribution in [0.15, 0.2) is 36.7 Å². The highest BCUT2D eigenvalue weighted by Crippen LogP contribution is 2.18. The van der Waals surface area contributed by atoms with E-state index in [-0.39, 0.29) is 18.6 Å². The number of aromatic amines is 1. The van der Waals surface area contributed by atoms with E-state index in [1.807, 2.05) is 12.1 Å². The van der Waals surface area contributed by atoms with Crippen molar-refractivity contribution in [2.24, 2.45) is 5.92 Å². The molecule has 1 aliphatic rings. The van der Waals surface area contributed by atoms with E-state index >= 15 is 0 Å². The molecule has 2 N–H and O–H groups in total. The number of piperidine rings is 1. The second-order valence-corrected chi connectivity index (χ2v) is 6.74. The fourth-order valence-electron chi connectivity index (χ4n) is 2.85. The average Bonchev–Trinajstić information content (AvgIpc) is 3.21. The number of nitrogens with one attached hydrogen (secondary N) is 2. The van der Waals surface area contributed by atoms with E-state index in [0.717, 1.165) is 18.4 Å². The molecule has 0 aliphatic carbocycles. The first-order valence-corrected chi connectivity index (χ1v) is 8.93. The lowest BCUT2D eigenvalue weighted by molar-refractivity contribution is 0.0801. The number of hydrogen-bond acceptors (Lipinski definition) is 4. The minimum Gasteiger partial charge on any atom is -0.445 e. The maximum absolute atomic E-state index is 12.2. The number of aromatic nitrogens is 2. The third kappa shape index (κ3) is 4.98. The molecule has 2 aromatic rings. The minimum atomic E-state index is -0.305. The molecule has 0 radical (unpaired) electrons. The number of benzene rings is 1. The van der Waals surface area contributed by atoms with E-state index in [9.17, 15) is 9.59 Å². The van der Waals surface area contributed by atoms with Gasteiger partial charge in [-0.25, -0.2) is 4.79 Å². The molecule has 0 unspecified atom stereocenters. The highest BCUT2D eigenvalue weighted by molar-refractivity contribution is 6.30. The average molecular weight is 377 g/mol. The molecule has 0 atom stereocenters. The van der Waals surface area contributed by atoms with Crippen molar-refractivity contribution >= 4 is 23.6 Å². The molecule has 1 fully saturated rings. The summed E-state index contributed by atoms with van der Waals surface area (Å²) < 4.78 is 5.35. The predicted octanol–water partition coefficient (Wildman–Crippen LogP) is 2.84. The molecule has 0 bridgehead atoms. The lowest BCUT2D eigenvalue weighted by Crippen LogP contribution is -2.41. The van der Waals surface area contributed by atoms with Gasteiger partial charge < -0.3 is 15.0 Å². The van der Waals surface area contributed by atoms with Crippen molar-refractivity contribution in [1.29, 1.82) is 0 Å². The summed E-state index contributed by atoms with van der Waals surface area (Å²) in [4.78, 5) is 25.8. The molecule has 138 valence electrons. The second kappa shape index (κ2) is 8.71. The van der Waals surface area contributed by atoms with Gasteiger partial charge in [0.1, 0.15) is 6.61 Å². The number of rotatable bonds is 5. The van der Waals surface area contributed by atoms with Gasteiger partial charge in [0.2, 0.25) is 0 Å². The van der Waals surface area contributed by atoms with Gasteiger partial charge in [0.15, 0.2) is 0 Å². The largest absolute Gasteiger partial charge is 0.445 e. The smallest absolute Gasteiger partial charge is 0.410 e. The molecule has 1 aromatic carbocycles. The predicted molar refractivity (Wildman–Crippen MR) is 96.9 cm³/mol. The summed E-state index contributed by atoms with van der Waals surface area (Å²) in [5.74, 6) is 0.217. The topological polar surface area (TPSA) is 87.3 Å². The fraction of sp³-hybridized carbons (Fsp3) is 0.389. The first-order valence-electron chi connectivity index (χ1n) is 8.55. The standard InChI is InChI=1S/C18H21ClN4O3/c19-16-3-1-14(2-4-16)12-26-18(25)23-7-5-13(6-8-23)9-20-17(24)15-10-21-22-11-15/h1-4,10-11,13H,5-9,12H2,(H,20,24)(H,21,22). The number of nitrogens with zero attached hydrogens (tertiary/aromatic N) is 2. The third-order valence-electron chi connectivity index (χ3n) is 4.46. The van der Waals surface area contributed by atoms with Crippen molar-refractivity contribution < 1.29 is 14.3 Å². The molecule has 1 aliphatic heterocycles. The van der Waals surface area contributed by atoms with Crippen LogP contribution < -0.4 is 5.32 Å². The molecule has 1 saturated heterocycles. The first kappa shape index (κ1) is 18.3. The maximum atomic E-state index is 12.2. The quantitative estimate of drug-likeness (QED) is 0.840. The number of ether oxygens (including phenoxy) is 1. The lowest BCUT2D eigenvalue weighted by atomic mass is 9.97. The molecule has 2 heterocycles. The van der Waals surface area contributed by atoms with E-state index in [4.69, 9.17) is 16.3 Å². The van der Waals surface area contributed by atoms with E-state index in [0.29, 0.717) is 36.1 Å². The summed E-state index contributed by atoms with van der Waals surface area (Å²) in [6.45, 7) is 2.09. The normalized spacial score (nSPS) is 14.9. The second-order valence-electron chi connectivity index (χ2n) is 6.31. The Morgan fingerprint density at radius 3 is 2.65 bits per heavy atom. The van der Waals surface area contributed by atoms with E-state index in [1.165, 1.54) is 6.20 Å². The lowest BCUT2D eigenvalue weighted by Gasteiger charge is -2.31. The Morgan fingerprint density at radius 1 is 1.27 bits per heavy atom. The van der Waals surface area contributed by atoms with E-state index < -0.39 is 0 Å². The van der Waals surface area contributed by atoms with Gasteiger partial charge in [0, 0.05) is 30.9 Å². The summed E-state index contributed by atoms with van der Waals surface area (Å²) in [5, 5.41) is 9.94. The van der Waals surface area contributed by atoms with Gasteiger partial charge in [0.25, 0.3) is 5.91 Å². The molecule has 0 spiro atoms. The van der Waals surface area contributed by atoms with Crippen molar-refractivity contribution in [3.63, 3.8) is 0 Å². The number of halogens is 1. The molecule has 26 heavy (non-hydrogen) atoms. The third-order valence-corrected chi connectivity index (χ3v) is 4.71. The number of carbonyl (C=O) groups is 2. The van der Waals surface area contributed by atoms with Gasteiger partial charge in [-0.15, -0.1) is 0 Å². The Balaban J connectivity index is 1.37. The summed E-state index contributed by atoms with van der Waals surface area (Å²) in [6, 6.07) is 7.22. The van der Waals surface area contributed by atoms with Crippen LogP contribution in [0, 0.1) is 5.92 Å². The molecule has 7 nitrogen and oxygen atoms in total. The number of amides is 2. The first-order chi connectivity index (χ1) is 12.6. The van der Waals surface area contributed by atoms with E-state index in [2.05, 4.69) is 15.5 Å². The summed E-state index contributed by atoms with van der Waals surface area (Å²) in [5.41, 5.74) is 1.42. The van der Waals surface area contributed by atoms with Crippen LogP contribution in [0.5, 0.6) is 0 Å². The molecule has 3 rings (SSSR count). The Kier molecular flexibility index (Phi) is 6.12.